The largest absolute Gasteiger partial charge is 0.293 e. The van der Waals surface area contributed by atoms with E-state index in [2.05, 4.69) is 12.2 Å². The van der Waals surface area contributed by atoms with Gasteiger partial charge in [-0.05, 0) is 42.8 Å². The van der Waals surface area contributed by atoms with E-state index in [1.807, 2.05) is 78.9 Å². The molecular weight excluding hydrogens is 360 g/mol. The third kappa shape index (κ3) is 3.15. The summed E-state index contributed by atoms with van der Waals surface area (Å²) in [6, 6.07) is 26.2. The number of para-hydroxylation sites is 2. The molecule has 1 aliphatic rings. The van der Waals surface area contributed by atoms with Crippen LogP contribution in [0.15, 0.2) is 84.9 Å². The van der Waals surface area contributed by atoms with Crippen molar-refractivity contribution in [3.05, 3.63) is 96.1 Å². The Morgan fingerprint density at radius 1 is 0.828 bits per heavy atom. The van der Waals surface area contributed by atoms with E-state index in [1.54, 1.807) is 11.0 Å². The molecule has 0 aromatic heterocycles. The third-order valence-corrected chi connectivity index (χ3v) is 5.40. The predicted octanol–water partition coefficient (Wildman–Crippen LogP) is 4.83. The first-order chi connectivity index (χ1) is 14.2. The van der Waals surface area contributed by atoms with E-state index in [9.17, 15) is 9.59 Å². The Hall–Kier alpha value is -3.24. The Labute approximate surface area is 171 Å². The molecule has 4 rings (SSSR count). The molecule has 3 aromatic carbocycles. The average Bonchev–Trinajstić information content (AvgIpc) is 2.78. The molecule has 146 valence electrons. The molecule has 1 atom stereocenters. The molecule has 29 heavy (non-hydrogen) atoms. The van der Waals surface area contributed by atoms with Crippen molar-refractivity contribution in [1.29, 1.82) is 0 Å². The molecule has 0 saturated heterocycles. The number of carbonyl (C=O) groups excluding carboxylic acids is 2. The van der Waals surface area contributed by atoms with E-state index >= 15 is 0 Å². The van der Waals surface area contributed by atoms with Crippen LogP contribution in [-0.2, 0) is 10.3 Å². The summed E-state index contributed by atoms with van der Waals surface area (Å²) in [4.78, 5) is 29.5. The number of hydrogen-bond acceptors (Lipinski definition) is 3. The van der Waals surface area contributed by atoms with Crippen LogP contribution < -0.4 is 10.2 Å². The maximum Gasteiger partial charge on any atom is 0.264 e. The minimum absolute atomic E-state index is 0.201. The molecule has 0 bridgehead atoms. The van der Waals surface area contributed by atoms with Crippen LogP contribution in [0, 0.1) is 0 Å². The van der Waals surface area contributed by atoms with E-state index in [4.69, 9.17) is 0 Å². The average molecular weight is 384 g/mol. The van der Waals surface area contributed by atoms with Crippen LogP contribution in [0.5, 0.6) is 0 Å². The highest BCUT2D eigenvalue weighted by molar-refractivity contribution is 6.30. The molecule has 0 spiro atoms. The Balaban J connectivity index is 1.96. The second-order valence-electron chi connectivity index (χ2n) is 7.22. The van der Waals surface area contributed by atoms with Gasteiger partial charge in [-0.25, -0.2) is 0 Å². The molecular formula is C25H24N2O2. The Bertz CT molecular complexity index is 1020. The second-order valence-corrected chi connectivity index (χ2v) is 7.22. The first-order valence-corrected chi connectivity index (χ1v) is 10.0. The summed E-state index contributed by atoms with van der Waals surface area (Å²) in [6.07, 6.45) is 1.85. The van der Waals surface area contributed by atoms with Gasteiger partial charge in [-0.1, -0.05) is 74.0 Å². The number of nitrogens with one attached hydrogen (secondary N) is 1. The van der Waals surface area contributed by atoms with Gasteiger partial charge in [-0.3, -0.25) is 19.8 Å². The van der Waals surface area contributed by atoms with Crippen molar-refractivity contribution in [3.8, 4) is 0 Å². The van der Waals surface area contributed by atoms with Crippen LogP contribution in [0.3, 0.4) is 0 Å². The van der Waals surface area contributed by atoms with Crippen molar-refractivity contribution >= 4 is 23.1 Å². The van der Waals surface area contributed by atoms with Crippen LogP contribution in [0.2, 0.25) is 0 Å². The fraction of sp³-hybridized carbons (Fsp3) is 0.200. The van der Waals surface area contributed by atoms with Gasteiger partial charge in [0.2, 0.25) is 0 Å². The zero-order valence-corrected chi connectivity index (χ0v) is 16.5. The SMILES string of the molecule is CCCCNC1(c2ccccc2)C(=O)c2ccccc2N(c2ccccc2)C1=O. The quantitative estimate of drug-likeness (QED) is 0.489. The van der Waals surface area contributed by atoms with Gasteiger partial charge in [0.1, 0.15) is 0 Å². The number of nitrogens with zero attached hydrogens (tertiary/aromatic N) is 1. The number of Topliss-reactive ketones (excluding diaryl/α,β-unsaturated/α-hetero) is 1. The summed E-state index contributed by atoms with van der Waals surface area (Å²) in [6.45, 7) is 2.67. The van der Waals surface area contributed by atoms with E-state index in [0.29, 0.717) is 23.4 Å². The Morgan fingerprint density at radius 2 is 1.45 bits per heavy atom. The van der Waals surface area contributed by atoms with Gasteiger partial charge in [-0.15, -0.1) is 0 Å². The number of benzene rings is 3. The van der Waals surface area contributed by atoms with E-state index in [-0.39, 0.29) is 11.7 Å². The molecule has 1 N–H and O–H groups in total. The fourth-order valence-corrected chi connectivity index (χ4v) is 3.92. The number of unbranched alkanes of at least 4 members (excludes halogenated alkanes) is 1. The van der Waals surface area contributed by atoms with Crippen molar-refractivity contribution in [2.45, 2.75) is 25.3 Å². The molecule has 3 aromatic rings. The molecule has 4 nitrogen and oxygen atoms in total. The van der Waals surface area contributed by atoms with Gasteiger partial charge in [0, 0.05) is 11.3 Å². The second kappa shape index (κ2) is 8.02. The lowest BCUT2D eigenvalue weighted by Gasteiger charge is -2.42. The minimum Gasteiger partial charge on any atom is -0.293 e. The summed E-state index contributed by atoms with van der Waals surface area (Å²) >= 11 is 0. The van der Waals surface area contributed by atoms with Crippen LogP contribution in [0.4, 0.5) is 11.4 Å². The molecule has 0 aliphatic carbocycles. The topological polar surface area (TPSA) is 49.4 Å². The predicted molar refractivity (Wildman–Crippen MR) is 115 cm³/mol. The summed E-state index contributed by atoms with van der Waals surface area (Å²) in [5.74, 6) is -0.470. The standard InChI is InChI=1S/C25H24N2O2/c1-2-3-18-26-25(19-12-6-4-7-13-19)23(28)21-16-10-11-17-22(21)27(24(25)29)20-14-8-5-9-15-20/h4-17,26H,2-3,18H2,1H3. The lowest BCUT2D eigenvalue weighted by molar-refractivity contribution is -0.123. The van der Waals surface area contributed by atoms with Crippen LogP contribution in [-0.4, -0.2) is 18.2 Å². The first kappa shape index (κ1) is 19.1. The number of hydrogen-bond donors (Lipinski definition) is 1. The normalized spacial score (nSPS) is 18.6. The minimum atomic E-state index is -1.44. The van der Waals surface area contributed by atoms with Crippen molar-refractivity contribution in [1.82, 2.24) is 5.32 Å². The number of carbonyl (C=O) groups is 2. The highest BCUT2D eigenvalue weighted by atomic mass is 16.2. The van der Waals surface area contributed by atoms with Gasteiger partial charge in [0.15, 0.2) is 11.3 Å². The molecule has 1 aliphatic heterocycles. The van der Waals surface area contributed by atoms with Crippen molar-refractivity contribution in [2.75, 3.05) is 11.4 Å². The highest BCUT2D eigenvalue weighted by Gasteiger charge is 2.54. The number of fused-ring (bicyclic) bond motifs is 1. The van der Waals surface area contributed by atoms with Crippen LogP contribution in [0.25, 0.3) is 0 Å². The number of ketones is 1. The molecule has 4 heteroatoms. The van der Waals surface area contributed by atoms with E-state index in [0.717, 1.165) is 18.5 Å². The van der Waals surface area contributed by atoms with Crippen LogP contribution >= 0.6 is 0 Å². The lowest BCUT2D eigenvalue weighted by atomic mass is 9.77. The number of anilines is 2. The molecule has 1 unspecified atom stereocenters. The summed E-state index contributed by atoms with van der Waals surface area (Å²) in [7, 11) is 0. The van der Waals surface area contributed by atoms with Gasteiger partial charge < -0.3 is 0 Å². The maximum atomic E-state index is 14.1. The van der Waals surface area contributed by atoms with Gasteiger partial charge in [0.25, 0.3) is 5.91 Å². The van der Waals surface area contributed by atoms with E-state index < -0.39 is 5.54 Å². The maximum absolute atomic E-state index is 14.1. The van der Waals surface area contributed by atoms with Gasteiger partial charge in [-0.2, -0.15) is 0 Å². The Morgan fingerprint density at radius 3 is 2.14 bits per heavy atom. The van der Waals surface area contributed by atoms with Crippen molar-refractivity contribution in [3.63, 3.8) is 0 Å². The molecule has 0 radical (unpaired) electrons. The van der Waals surface area contributed by atoms with Gasteiger partial charge in [0.05, 0.1) is 5.69 Å². The number of amides is 1. The van der Waals surface area contributed by atoms with E-state index in [1.165, 1.54) is 0 Å². The van der Waals surface area contributed by atoms with Gasteiger partial charge >= 0.3 is 0 Å². The molecule has 1 amide bonds. The zero-order valence-electron chi connectivity index (χ0n) is 16.5. The van der Waals surface area contributed by atoms with Crippen molar-refractivity contribution in [2.24, 2.45) is 0 Å². The summed E-state index contributed by atoms with van der Waals surface area (Å²) in [5.41, 5.74) is 1.14. The number of rotatable bonds is 6. The zero-order chi connectivity index (χ0) is 20.3. The smallest absolute Gasteiger partial charge is 0.264 e. The molecule has 1 heterocycles. The molecule has 0 saturated carbocycles. The van der Waals surface area contributed by atoms with Crippen molar-refractivity contribution < 1.29 is 9.59 Å². The fourth-order valence-electron chi connectivity index (χ4n) is 3.92. The monoisotopic (exact) mass is 384 g/mol. The van der Waals surface area contributed by atoms with Crippen LogP contribution in [0.1, 0.15) is 35.7 Å². The highest BCUT2D eigenvalue weighted by Crippen LogP contribution is 2.42. The first-order valence-electron chi connectivity index (χ1n) is 10.0. The molecule has 0 fully saturated rings. The summed E-state index contributed by atoms with van der Waals surface area (Å²) in [5, 5.41) is 3.35. The third-order valence-electron chi connectivity index (χ3n) is 5.40. The Kier molecular flexibility index (Phi) is 5.28. The summed E-state index contributed by atoms with van der Waals surface area (Å²) < 4.78 is 0. The lowest BCUT2D eigenvalue weighted by Crippen LogP contribution is -2.62.